The zero-order valence-electron chi connectivity index (χ0n) is 8.49. The van der Waals surface area contributed by atoms with Crippen LogP contribution in [0.5, 0.6) is 0 Å². The van der Waals surface area contributed by atoms with Crippen molar-refractivity contribution in [3.8, 4) is 0 Å². The molecular weight excluding hydrogens is 262 g/mol. The number of rotatable bonds is 3. The normalized spacial score (nSPS) is 11.6. The standard InChI is InChI=1S/C8H9N5O2S2/c9-6-3-5(17(10,14)15)1-2-7(6)16-8-11-4-12-13-8/h1-4H,9H2,(H2,10,14,15)(H,11,12,13). The highest BCUT2D eigenvalue weighted by molar-refractivity contribution is 7.99. The summed E-state index contributed by atoms with van der Waals surface area (Å²) in [6.07, 6.45) is 1.37. The van der Waals surface area contributed by atoms with Gasteiger partial charge in [-0.1, -0.05) is 0 Å². The van der Waals surface area contributed by atoms with E-state index in [9.17, 15) is 8.42 Å². The lowest BCUT2D eigenvalue weighted by atomic mass is 10.3. The summed E-state index contributed by atoms with van der Waals surface area (Å²) in [6, 6.07) is 4.28. The molecule has 0 fully saturated rings. The molecule has 2 rings (SSSR count). The number of nitrogens with zero attached hydrogens (tertiary/aromatic N) is 2. The van der Waals surface area contributed by atoms with Crippen molar-refractivity contribution in [2.24, 2.45) is 5.14 Å². The molecule has 0 amide bonds. The maximum atomic E-state index is 11.1. The predicted molar refractivity (Wildman–Crippen MR) is 62.7 cm³/mol. The number of sulfonamides is 1. The molecule has 5 N–H and O–H groups in total. The van der Waals surface area contributed by atoms with Crippen LogP contribution in [-0.4, -0.2) is 23.6 Å². The quantitative estimate of drug-likeness (QED) is 0.683. The van der Waals surface area contributed by atoms with E-state index in [0.29, 0.717) is 15.7 Å². The van der Waals surface area contributed by atoms with E-state index in [4.69, 9.17) is 10.9 Å². The van der Waals surface area contributed by atoms with Gasteiger partial charge in [0.1, 0.15) is 6.33 Å². The van der Waals surface area contributed by atoms with Crippen molar-refractivity contribution in [2.75, 3.05) is 5.73 Å². The fourth-order valence-electron chi connectivity index (χ4n) is 1.14. The number of nitrogen functional groups attached to an aromatic ring is 1. The van der Waals surface area contributed by atoms with E-state index in [0.717, 1.165) is 0 Å². The van der Waals surface area contributed by atoms with E-state index in [2.05, 4.69) is 15.2 Å². The van der Waals surface area contributed by atoms with Crippen LogP contribution in [0.3, 0.4) is 0 Å². The van der Waals surface area contributed by atoms with Crippen LogP contribution in [-0.2, 0) is 10.0 Å². The molecule has 0 aliphatic carbocycles. The summed E-state index contributed by atoms with van der Waals surface area (Å²) in [5.41, 5.74) is 6.05. The third kappa shape index (κ3) is 2.75. The summed E-state index contributed by atoms with van der Waals surface area (Å²) in [6.45, 7) is 0. The minimum absolute atomic E-state index is 0.0167. The van der Waals surface area contributed by atoms with Gasteiger partial charge < -0.3 is 5.73 Å². The Balaban J connectivity index is 2.33. The van der Waals surface area contributed by atoms with Gasteiger partial charge in [-0.25, -0.2) is 18.5 Å². The Bertz CT molecular complexity index is 623. The summed E-state index contributed by atoms with van der Waals surface area (Å²) in [5.74, 6) is 0. The molecule has 0 radical (unpaired) electrons. The molecule has 0 saturated carbocycles. The van der Waals surface area contributed by atoms with E-state index in [1.165, 1.54) is 30.2 Å². The van der Waals surface area contributed by atoms with Crippen molar-refractivity contribution in [3.05, 3.63) is 24.5 Å². The molecule has 0 aliphatic heterocycles. The zero-order chi connectivity index (χ0) is 12.5. The zero-order valence-corrected chi connectivity index (χ0v) is 10.1. The Labute approximate surface area is 102 Å². The molecule has 0 atom stereocenters. The van der Waals surface area contributed by atoms with Crippen LogP contribution in [0, 0.1) is 0 Å². The highest BCUT2D eigenvalue weighted by atomic mass is 32.2. The minimum atomic E-state index is -3.73. The first-order chi connectivity index (χ1) is 7.97. The molecule has 1 aromatic heterocycles. The number of primary sulfonamides is 1. The molecule has 0 bridgehead atoms. The number of hydrogen-bond acceptors (Lipinski definition) is 6. The average molecular weight is 271 g/mol. The highest BCUT2D eigenvalue weighted by Gasteiger charge is 2.11. The van der Waals surface area contributed by atoms with Gasteiger partial charge in [-0.2, -0.15) is 5.10 Å². The van der Waals surface area contributed by atoms with Crippen molar-refractivity contribution in [1.29, 1.82) is 0 Å². The molecule has 0 spiro atoms. The SMILES string of the molecule is Nc1cc(S(N)(=O)=O)ccc1Sc1ncn[nH]1. The van der Waals surface area contributed by atoms with Crippen molar-refractivity contribution in [3.63, 3.8) is 0 Å². The summed E-state index contributed by atoms with van der Waals surface area (Å²) in [5, 5.41) is 11.9. The maximum Gasteiger partial charge on any atom is 0.238 e. The molecular formula is C8H9N5O2S2. The van der Waals surface area contributed by atoms with E-state index in [1.807, 2.05) is 0 Å². The van der Waals surface area contributed by atoms with Crippen LogP contribution < -0.4 is 10.9 Å². The summed E-state index contributed by atoms with van der Waals surface area (Å²) in [7, 11) is -3.73. The molecule has 1 aromatic carbocycles. The number of benzene rings is 1. The number of hydrogen-bond donors (Lipinski definition) is 3. The van der Waals surface area contributed by atoms with E-state index >= 15 is 0 Å². The Hall–Kier alpha value is -1.58. The van der Waals surface area contributed by atoms with Gasteiger partial charge in [-0.15, -0.1) is 0 Å². The lowest BCUT2D eigenvalue weighted by Crippen LogP contribution is -2.12. The van der Waals surface area contributed by atoms with Gasteiger partial charge in [0.2, 0.25) is 10.0 Å². The van der Waals surface area contributed by atoms with Gasteiger partial charge in [-0.05, 0) is 30.0 Å². The van der Waals surface area contributed by atoms with Crippen LogP contribution >= 0.6 is 11.8 Å². The summed E-state index contributed by atoms with van der Waals surface area (Å²) >= 11 is 1.25. The van der Waals surface area contributed by atoms with Crippen LogP contribution in [0.15, 0.2) is 39.5 Å². The highest BCUT2D eigenvalue weighted by Crippen LogP contribution is 2.30. The maximum absolute atomic E-state index is 11.1. The second kappa shape index (κ2) is 4.35. The largest absolute Gasteiger partial charge is 0.398 e. The predicted octanol–water partition coefficient (Wildman–Crippen LogP) is 0.185. The topological polar surface area (TPSA) is 128 Å². The minimum Gasteiger partial charge on any atom is -0.398 e. The third-order valence-electron chi connectivity index (χ3n) is 1.91. The van der Waals surface area contributed by atoms with Gasteiger partial charge in [0.15, 0.2) is 5.16 Å². The average Bonchev–Trinajstić information content (AvgIpc) is 2.72. The molecule has 2 aromatic rings. The molecule has 1 heterocycles. The van der Waals surface area contributed by atoms with Crippen molar-refractivity contribution >= 4 is 27.5 Å². The molecule has 7 nitrogen and oxygen atoms in total. The fourth-order valence-corrected chi connectivity index (χ4v) is 2.41. The fraction of sp³-hybridized carbons (Fsp3) is 0. The number of anilines is 1. The number of aromatic amines is 1. The molecule has 90 valence electrons. The van der Waals surface area contributed by atoms with Gasteiger partial charge in [-0.3, -0.25) is 5.10 Å². The summed E-state index contributed by atoms with van der Waals surface area (Å²) in [4.78, 5) is 4.58. The van der Waals surface area contributed by atoms with Crippen LogP contribution in [0.2, 0.25) is 0 Å². The number of nitrogens with two attached hydrogens (primary N) is 2. The third-order valence-corrected chi connectivity index (χ3v) is 3.80. The number of nitrogens with one attached hydrogen (secondary N) is 1. The number of H-pyrrole nitrogens is 1. The molecule has 0 unspecified atom stereocenters. The van der Waals surface area contributed by atoms with Gasteiger partial charge in [0, 0.05) is 10.6 Å². The Morgan fingerprint density at radius 1 is 1.35 bits per heavy atom. The molecule has 17 heavy (non-hydrogen) atoms. The Kier molecular flexibility index (Phi) is 3.05. The number of aromatic nitrogens is 3. The second-order valence-corrected chi connectivity index (χ2v) is 5.73. The van der Waals surface area contributed by atoms with Crippen molar-refractivity contribution < 1.29 is 8.42 Å². The van der Waals surface area contributed by atoms with Crippen LogP contribution in [0.25, 0.3) is 0 Å². The van der Waals surface area contributed by atoms with Crippen LogP contribution in [0.1, 0.15) is 0 Å². The second-order valence-electron chi connectivity index (χ2n) is 3.14. The van der Waals surface area contributed by atoms with Gasteiger partial charge in [0.05, 0.1) is 4.90 Å². The Morgan fingerprint density at radius 3 is 2.65 bits per heavy atom. The first-order valence-electron chi connectivity index (χ1n) is 4.42. The van der Waals surface area contributed by atoms with Crippen molar-refractivity contribution in [1.82, 2.24) is 15.2 Å². The summed E-state index contributed by atoms with van der Waals surface area (Å²) < 4.78 is 22.2. The smallest absolute Gasteiger partial charge is 0.238 e. The van der Waals surface area contributed by atoms with E-state index in [-0.39, 0.29) is 4.90 Å². The lowest BCUT2D eigenvalue weighted by Gasteiger charge is -2.05. The van der Waals surface area contributed by atoms with Crippen LogP contribution in [0.4, 0.5) is 5.69 Å². The Morgan fingerprint density at radius 2 is 2.12 bits per heavy atom. The van der Waals surface area contributed by atoms with Crippen molar-refractivity contribution in [2.45, 2.75) is 14.9 Å². The molecule has 0 saturated heterocycles. The first kappa shape index (κ1) is 11.9. The van der Waals surface area contributed by atoms with E-state index < -0.39 is 10.0 Å². The molecule has 0 aliphatic rings. The van der Waals surface area contributed by atoms with Gasteiger partial charge >= 0.3 is 0 Å². The van der Waals surface area contributed by atoms with Gasteiger partial charge in [0.25, 0.3) is 0 Å². The van der Waals surface area contributed by atoms with E-state index in [1.54, 1.807) is 6.07 Å². The first-order valence-corrected chi connectivity index (χ1v) is 6.78. The monoisotopic (exact) mass is 271 g/mol. The lowest BCUT2D eigenvalue weighted by molar-refractivity contribution is 0.598. The molecule has 9 heteroatoms.